The highest BCUT2D eigenvalue weighted by atomic mass is 16.5. The number of aromatic nitrogens is 2. The van der Waals surface area contributed by atoms with Crippen molar-refractivity contribution < 1.29 is 14.6 Å². The van der Waals surface area contributed by atoms with Gasteiger partial charge in [-0.3, -0.25) is 9.89 Å². The highest BCUT2D eigenvalue weighted by Crippen LogP contribution is 2.45. The van der Waals surface area contributed by atoms with Crippen LogP contribution < -0.4 is 10.1 Å². The summed E-state index contributed by atoms with van der Waals surface area (Å²) in [4.78, 5) is 13.3. The average molecular weight is 551 g/mol. The predicted octanol–water partition coefficient (Wildman–Crippen LogP) is 5.30. The molecule has 1 saturated carbocycles. The number of nitrogens with zero attached hydrogens (tertiary/aromatic N) is 2. The summed E-state index contributed by atoms with van der Waals surface area (Å²) in [6.07, 6.45) is 8.87. The SMILES string of the molecule is CN(CCO)C(=O)/C=C/CNCCOc1ccc(/C(=C(\c2ccccc2)C2CCC2)c2ccc3[nH]ncc3c2)cc1. The molecule has 0 aliphatic heterocycles. The average Bonchev–Trinajstić information content (AvgIpc) is 3.45. The fourth-order valence-electron chi connectivity index (χ4n) is 5.17. The number of amides is 1. The lowest BCUT2D eigenvalue weighted by molar-refractivity contribution is -0.125. The lowest BCUT2D eigenvalue weighted by atomic mass is 9.73. The summed E-state index contributed by atoms with van der Waals surface area (Å²) in [5.41, 5.74) is 7.35. The van der Waals surface area contributed by atoms with E-state index in [-0.39, 0.29) is 12.5 Å². The van der Waals surface area contributed by atoms with E-state index >= 15 is 0 Å². The molecule has 7 heteroatoms. The maximum atomic E-state index is 11.9. The van der Waals surface area contributed by atoms with Crippen molar-refractivity contribution in [2.75, 3.05) is 39.9 Å². The molecule has 4 aromatic rings. The van der Waals surface area contributed by atoms with Gasteiger partial charge in [0, 0.05) is 38.1 Å². The first-order valence-corrected chi connectivity index (χ1v) is 14.3. The smallest absolute Gasteiger partial charge is 0.246 e. The Morgan fingerprint density at radius 3 is 2.59 bits per heavy atom. The zero-order chi connectivity index (χ0) is 28.4. The predicted molar refractivity (Wildman–Crippen MR) is 164 cm³/mol. The molecule has 0 unspecified atom stereocenters. The van der Waals surface area contributed by atoms with Crippen LogP contribution in [0.5, 0.6) is 5.75 Å². The van der Waals surface area contributed by atoms with Crippen molar-refractivity contribution in [3.8, 4) is 5.75 Å². The number of aliphatic hydroxyl groups is 1. The van der Waals surface area contributed by atoms with E-state index in [1.807, 2.05) is 18.3 Å². The second-order valence-electron chi connectivity index (χ2n) is 10.4. The summed E-state index contributed by atoms with van der Waals surface area (Å²) < 4.78 is 6.00. The van der Waals surface area contributed by atoms with E-state index in [0.717, 1.165) is 16.7 Å². The van der Waals surface area contributed by atoms with Crippen molar-refractivity contribution >= 4 is 28.0 Å². The summed E-state index contributed by atoms with van der Waals surface area (Å²) in [5, 5.41) is 20.6. The summed E-state index contributed by atoms with van der Waals surface area (Å²) in [6.45, 7) is 2.03. The van der Waals surface area contributed by atoms with Crippen molar-refractivity contribution in [2.24, 2.45) is 5.92 Å². The molecular formula is C34H38N4O3. The summed E-state index contributed by atoms with van der Waals surface area (Å²) in [5.74, 6) is 1.23. The molecule has 0 atom stereocenters. The Morgan fingerprint density at radius 1 is 1.07 bits per heavy atom. The Morgan fingerprint density at radius 2 is 1.85 bits per heavy atom. The van der Waals surface area contributed by atoms with E-state index in [1.54, 1.807) is 13.1 Å². The van der Waals surface area contributed by atoms with E-state index in [0.29, 0.717) is 32.2 Å². The second-order valence-corrected chi connectivity index (χ2v) is 10.4. The largest absolute Gasteiger partial charge is 0.492 e. The van der Waals surface area contributed by atoms with Gasteiger partial charge in [0.25, 0.3) is 0 Å². The lowest BCUT2D eigenvalue weighted by Crippen LogP contribution is -2.28. The molecule has 1 aliphatic carbocycles. The number of hydrogen-bond donors (Lipinski definition) is 3. The zero-order valence-corrected chi connectivity index (χ0v) is 23.6. The molecular weight excluding hydrogens is 512 g/mol. The molecule has 0 radical (unpaired) electrons. The molecule has 1 amide bonds. The molecule has 1 heterocycles. The van der Waals surface area contributed by atoms with Gasteiger partial charge in [-0.15, -0.1) is 0 Å². The molecule has 3 aromatic carbocycles. The molecule has 3 N–H and O–H groups in total. The van der Waals surface area contributed by atoms with Gasteiger partial charge in [0.1, 0.15) is 12.4 Å². The van der Waals surface area contributed by atoms with Gasteiger partial charge < -0.3 is 20.1 Å². The van der Waals surface area contributed by atoms with Gasteiger partial charge in [-0.2, -0.15) is 5.10 Å². The number of benzene rings is 3. The van der Waals surface area contributed by atoms with Crippen LogP contribution >= 0.6 is 0 Å². The fourth-order valence-corrected chi connectivity index (χ4v) is 5.17. The first-order chi connectivity index (χ1) is 20.1. The maximum Gasteiger partial charge on any atom is 0.246 e. The van der Waals surface area contributed by atoms with Gasteiger partial charge in [0.05, 0.1) is 18.3 Å². The highest BCUT2D eigenvalue weighted by molar-refractivity contribution is 6.01. The van der Waals surface area contributed by atoms with Crippen LogP contribution in [-0.2, 0) is 4.79 Å². The number of rotatable bonds is 13. The molecule has 7 nitrogen and oxygen atoms in total. The van der Waals surface area contributed by atoms with E-state index in [1.165, 1.54) is 58.1 Å². The van der Waals surface area contributed by atoms with Crippen LogP contribution in [0.1, 0.15) is 36.0 Å². The molecule has 41 heavy (non-hydrogen) atoms. The van der Waals surface area contributed by atoms with Crippen molar-refractivity contribution in [1.29, 1.82) is 0 Å². The Bertz CT molecular complexity index is 1490. The highest BCUT2D eigenvalue weighted by Gasteiger charge is 2.27. The topological polar surface area (TPSA) is 90.5 Å². The number of carbonyl (C=O) groups is 1. The number of fused-ring (bicyclic) bond motifs is 1. The third-order valence-electron chi connectivity index (χ3n) is 7.62. The third kappa shape index (κ3) is 7.12. The Hall–Kier alpha value is -4.20. The fraction of sp³-hybridized carbons (Fsp3) is 0.294. The number of aromatic amines is 1. The Balaban J connectivity index is 1.30. The van der Waals surface area contributed by atoms with Gasteiger partial charge in [0.2, 0.25) is 5.91 Å². The first-order valence-electron chi connectivity index (χ1n) is 14.3. The molecule has 1 aromatic heterocycles. The number of aliphatic hydroxyl groups excluding tert-OH is 1. The third-order valence-corrected chi connectivity index (χ3v) is 7.62. The number of H-pyrrole nitrogens is 1. The standard InChI is InChI=1S/C34H38N4O3/c1-38(20-21-39)32(40)11-6-18-35-19-22-41-30-15-12-27(13-16-30)34(28-14-17-31-29(23-28)24-36-37-31)33(26-9-5-10-26)25-7-3-2-4-8-25/h2-4,6-8,11-17,23-24,26,35,39H,5,9-10,18-22H2,1H3,(H,36,37)/b11-6+,34-33-. The number of likely N-dealkylation sites (N-methyl/N-ethyl adjacent to an activating group) is 1. The maximum absolute atomic E-state index is 11.9. The molecule has 0 bridgehead atoms. The Kier molecular flexibility index (Phi) is 9.62. The monoisotopic (exact) mass is 550 g/mol. The van der Waals surface area contributed by atoms with Crippen LogP contribution in [0, 0.1) is 5.92 Å². The van der Waals surface area contributed by atoms with Gasteiger partial charge in [-0.25, -0.2) is 0 Å². The van der Waals surface area contributed by atoms with Crippen LogP contribution in [0.4, 0.5) is 0 Å². The summed E-state index contributed by atoms with van der Waals surface area (Å²) in [6, 6.07) is 25.7. The molecule has 0 saturated heterocycles. The van der Waals surface area contributed by atoms with Crippen LogP contribution in [0.3, 0.4) is 0 Å². The van der Waals surface area contributed by atoms with Crippen LogP contribution in [0.25, 0.3) is 22.0 Å². The summed E-state index contributed by atoms with van der Waals surface area (Å²) >= 11 is 0. The first kappa shape index (κ1) is 28.3. The minimum atomic E-state index is -0.122. The molecule has 1 aliphatic rings. The second kappa shape index (κ2) is 13.9. The lowest BCUT2D eigenvalue weighted by Gasteiger charge is -2.31. The number of hydrogen-bond acceptors (Lipinski definition) is 5. The normalized spacial score (nSPS) is 14.2. The number of allylic oxidation sites excluding steroid dienone is 1. The number of ether oxygens (including phenoxy) is 1. The van der Waals surface area contributed by atoms with Gasteiger partial charge in [-0.1, -0.05) is 61.0 Å². The van der Waals surface area contributed by atoms with E-state index in [4.69, 9.17) is 9.84 Å². The number of nitrogens with one attached hydrogen (secondary N) is 2. The zero-order valence-electron chi connectivity index (χ0n) is 23.6. The van der Waals surface area contributed by atoms with Crippen LogP contribution in [-0.4, -0.2) is 66.0 Å². The molecule has 0 spiro atoms. The van der Waals surface area contributed by atoms with E-state index in [2.05, 4.69) is 76.2 Å². The van der Waals surface area contributed by atoms with Crippen molar-refractivity contribution in [1.82, 2.24) is 20.4 Å². The van der Waals surface area contributed by atoms with Crippen LogP contribution in [0.2, 0.25) is 0 Å². The number of carbonyl (C=O) groups excluding carboxylic acids is 1. The van der Waals surface area contributed by atoms with Crippen molar-refractivity contribution in [2.45, 2.75) is 19.3 Å². The molecule has 1 fully saturated rings. The van der Waals surface area contributed by atoms with Crippen molar-refractivity contribution in [3.63, 3.8) is 0 Å². The van der Waals surface area contributed by atoms with E-state index < -0.39 is 0 Å². The Labute approximate surface area is 241 Å². The molecule has 212 valence electrons. The van der Waals surface area contributed by atoms with Crippen LogP contribution in [0.15, 0.2) is 91.1 Å². The van der Waals surface area contributed by atoms with Gasteiger partial charge in [0.15, 0.2) is 0 Å². The minimum Gasteiger partial charge on any atom is -0.492 e. The van der Waals surface area contributed by atoms with E-state index in [9.17, 15) is 4.79 Å². The quantitative estimate of drug-likeness (QED) is 0.119. The summed E-state index contributed by atoms with van der Waals surface area (Å²) in [7, 11) is 1.67. The van der Waals surface area contributed by atoms with Gasteiger partial charge in [-0.05, 0) is 70.9 Å². The van der Waals surface area contributed by atoms with Crippen molar-refractivity contribution in [3.05, 3.63) is 108 Å². The molecule has 5 rings (SSSR count). The minimum absolute atomic E-state index is 0.0417. The van der Waals surface area contributed by atoms with Gasteiger partial charge >= 0.3 is 0 Å².